The van der Waals surface area contributed by atoms with E-state index in [9.17, 15) is 4.79 Å². The number of aliphatic imine (C=N–C) groups is 1. The lowest BCUT2D eigenvalue weighted by atomic mass is 9.86. The van der Waals surface area contributed by atoms with E-state index < -0.39 is 6.03 Å². The van der Waals surface area contributed by atoms with Gasteiger partial charge in [-0.15, -0.1) is 0 Å². The second-order valence-corrected chi connectivity index (χ2v) is 6.80. The fraction of sp³-hybridized carbons (Fsp3) is 0.579. The first kappa shape index (κ1) is 18.3. The first-order chi connectivity index (χ1) is 11.5. The SMILES string of the molecule is Cc1cccc(C)c1N(C(N)=O)C(N)=NCCCC1CCCCC1. The fourth-order valence-electron chi connectivity index (χ4n) is 3.62. The molecule has 0 radical (unpaired) electrons. The number of urea groups is 1. The average molecular weight is 330 g/mol. The number of nitrogens with zero attached hydrogens (tertiary/aromatic N) is 2. The number of nitrogens with two attached hydrogens (primary N) is 2. The third kappa shape index (κ3) is 4.73. The number of hydrogen-bond donors (Lipinski definition) is 2. The van der Waals surface area contributed by atoms with E-state index in [0.717, 1.165) is 29.2 Å². The Morgan fingerprint density at radius 3 is 2.38 bits per heavy atom. The van der Waals surface area contributed by atoms with Crippen molar-refractivity contribution in [1.82, 2.24) is 0 Å². The Kier molecular flexibility index (Phi) is 6.64. The van der Waals surface area contributed by atoms with Crippen LogP contribution in [-0.4, -0.2) is 18.5 Å². The molecule has 1 fully saturated rings. The van der Waals surface area contributed by atoms with Gasteiger partial charge in [0.05, 0.1) is 5.69 Å². The molecule has 0 atom stereocenters. The van der Waals surface area contributed by atoms with Gasteiger partial charge in [0, 0.05) is 6.54 Å². The maximum absolute atomic E-state index is 11.9. The molecule has 0 heterocycles. The lowest BCUT2D eigenvalue weighted by molar-refractivity contribution is 0.256. The van der Waals surface area contributed by atoms with Crippen LogP contribution in [0.2, 0.25) is 0 Å². The van der Waals surface area contributed by atoms with Crippen LogP contribution < -0.4 is 16.4 Å². The molecule has 0 unspecified atom stereocenters. The smallest absolute Gasteiger partial charge is 0.326 e. The van der Waals surface area contributed by atoms with Crippen LogP contribution in [0, 0.1) is 19.8 Å². The van der Waals surface area contributed by atoms with Crippen molar-refractivity contribution in [1.29, 1.82) is 0 Å². The Labute approximate surface area is 145 Å². The highest BCUT2D eigenvalue weighted by atomic mass is 16.2. The highest BCUT2D eigenvalue weighted by Gasteiger charge is 2.20. The number of primary amides is 1. The number of guanidine groups is 1. The molecular formula is C19H30N4O. The van der Waals surface area contributed by atoms with E-state index in [1.54, 1.807) is 0 Å². The molecule has 1 aliphatic rings. The number of aryl methyl sites for hydroxylation is 2. The summed E-state index contributed by atoms with van der Waals surface area (Å²) in [6.45, 7) is 4.51. The number of para-hydroxylation sites is 1. The van der Waals surface area contributed by atoms with Gasteiger partial charge in [-0.05, 0) is 43.7 Å². The number of rotatable bonds is 5. The second-order valence-electron chi connectivity index (χ2n) is 6.80. The molecule has 5 nitrogen and oxygen atoms in total. The minimum atomic E-state index is -0.596. The van der Waals surface area contributed by atoms with Crippen molar-refractivity contribution >= 4 is 17.7 Å². The molecule has 0 aromatic heterocycles. The van der Waals surface area contributed by atoms with Gasteiger partial charge in [-0.1, -0.05) is 50.3 Å². The monoisotopic (exact) mass is 330 g/mol. The van der Waals surface area contributed by atoms with Gasteiger partial charge in [-0.2, -0.15) is 0 Å². The van der Waals surface area contributed by atoms with Gasteiger partial charge in [0.25, 0.3) is 0 Å². The summed E-state index contributed by atoms with van der Waals surface area (Å²) in [4.78, 5) is 17.6. The first-order valence-corrected chi connectivity index (χ1v) is 8.96. The lowest BCUT2D eigenvalue weighted by Crippen LogP contribution is -2.46. The molecule has 5 heteroatoms. The van der Waals surface area contributed by atoms with Gasteiger partial charge in [0.15, 0.2) is 0 Å². The summed E-state index contributed by atoms with van der Waals surface area (Å²) in [6, 6.07) is 5.23. The van der Waals surface area contributed by atoms with Crippen LogP contribution in [0.15, 0.2) is 23.2 Å². The molecule has 1 aromatic carbocycles. The molecule has 4 N–H and O–H groups in total. The Hall–Kier alpha value is -2.04. The molecule has 0 aliphatic heterocycles. The maximum atomic E-state index is 11.9. The van der Waals surface area contributed by atoms with Gasteiger partial charge in [0.2, 0.25) is 5.96 Å². The van der Waals surface area contributed by atoms with Crippen LogP contribution in [0.4, 0.5) is 10.5 Å². The predicted molar refractivity (Wildman–Crippen MR) is 100 cm³/mol. The zero-order chi connectivity index (χ0) is 17.5. The largest absolute Gasteiger partial charge is 0.369 e. The van der Waals surface area contributed by atoms with Crippen molar-refractivity contribution in [3.05, 3.63) is 29.3 Å². The van der Waals surface area contributed by atoms with Gasteiger partial charge in [0.1, 0.15) is 0 Å². The summed E-state index contributed by atoms with van der Waals surface area (Å²) >= 11 is 0. The van der Waals surface area contributed by atoms with E-state index in [-0.39, 0.29) is 5.96 Å². The van der Waals surface area contributed by atoms with Crippen molar-refractivity contribution in [2.24, 2.45) is 22.4 Å². The molecule has 132 valence electrons. The van der Waals surface area contributed by atoms with Crippen molar-refractivity contribution in [3.8, 4) is 0 Å². The fourth-order valence-corrected chi connectivity index (χ4v) is 3.62. The second kappa shape index (κ2) is 8.71. The van der Waals surface area contributed by atoms with Crippen molar-refractivity contribution in [2.45, 2.75) is 58.8 Å². The minimum absolute atomic E-state index is 0.184. The summed E-state index contributed by atoms with van der Waals surface area (Å²) in [5.41, 5.74) is 14.3. The topological polar surface area (TPSA) is 84.7 Å². The minimum Gasteiger partial charge on any atom is -0.369 e. The normalized spacial score (nSPS) is 16.2. The molecule has 2 amide bonds. The van der Waals surface area contributed by atoms with E-state index in [0.29, 0.717) is 6.54 Å². The first-order valence-electron chi connectivity index (χ1n) is 8.96. The maximum Gasteiger partial charge on any atom is 0.326 e. The lowest BCUT2D eigenvalue weighted by Gasteiger charge is -2.23. The average Bonchev–Trinajstić information content (AvgIpc) is 2.55. The molecular weight excluding hydrogens is 300 g/mol. The van der Waals surface area contributed by atoms with E-state index in [1.165, 1.54) is 43.4 Å². The summed E-state index contributed by atoms with van der Waals surface area (Å²) in [6.07, 6.45) is 8.98. The van der Waals surface area contributed by atoms with E-state index in [4.69, 9.17) is 11.5 Å². The van der Waals surface area contributed by atoms with Gasteiger partial charge < -0.3 is 11.5 Å². The summed E-state index contributed by atoms with van der Waals surface area (Å²) in [7, 11) is 0. The predicted octanol–water partition coefficient (Wildman–Crippen LogP) is 3.86. The molecule has 2 rings (SSSR count). The number of hydrogen-bond acceptors (Lipinski definition) is 2. The quantitative estimate of drug-likeness (QED) is 0.488. The van der Waals surface area contributed by atoms with Gasteiger partial charge >= 0.3 is 6.03 Å². The van der Waals surface area contributed by atoms with Crippen LogP contribution in [0.3, 0.4) is 0 Å². The molecule has 1 aromatic rings. The van der Waals surface area contributed by atoms with Gasteiger partial charge in [-0.3, -0.25) is 4.99 Å². The number of carbonyl (C=O) groups is 1. The molecule has 24 heavy (non-hydrogen) atoms. The molecule has 0 saturated heterocycles. The Morgan fingerprint density at radius 1 is 1.17 bits per heavy atom. The van der Waals surface area contributed by atoms with Crippen LogP contribution in [-0.2, 0) is 0 Å². The van der Waals surface area contributed by atoms with Crippen LogP contribution >= 0.6 is 0 Å². The number of benzene rings is 1. The molecule has 1 aliphatic carbocycles. The van der Waals surface area contributed by atoms with Crippen molar-refractivity contribution < 1.29 is 4.79 Å². The Balaban J connectivity index is 2.00. The third-order valence-electron chi connectivity index (χ3n) is 4.88. The van der Waals surface area contributed by atoms with Crippen LogP contribution in [0.5, 0.6) is 0 Å². The van der Waals surface area contributed by atoms with E-state index >= 15 is 0 Å². The highest BCUT2D eigenvalue weighted by Crippen LogP contribution is 2.27. The Morgan fingerprint density at radius 2 is 1.79 bits per heavy atom. The standard InChI is InChI=1S/C19H30N4O/c1-14-8-6-9-15(2)17(14)23(19(21)24)18(20)22-13-7-12-16-10-4-3-5-11-16/h6,8-9,16H,3-5,7,10-13H2,1-2H3,(H2,20,22)(H2,21,24). The summed E-state index contributed by atoms with van der Waals surface area (Å²) in [5, 5.41) is 0. The Bertz CT molecular complexity index is 571. The zero-order valence-electron chi connectivity index (χ0n) is 14.9. The summed E-state index contributed by atoms with van der Waals surface area (Å²) in [5.74, 6) is 1.02. The number of amides is 2. The zero-order valence-corrected chi connectivity index (χ0v) is 14.9. The van der Waals surface area contributed by atoms with Crippen LogP contribution in [0.1, 0.15) is 56.1 Å². The summed E-state index contributed by atoms with van der Waals surface area (Å²) < 4.78 is 0. The molecule has 0 bridgehead atoms. The highest BCUT2D eigenvalue weighted by molar-refractivity contribution is 6.15. The van der Waals surface area contributed by atoms with Crippen molar-refractivity contribution in [2.75, 3.05) is 11.4 Å². The number of carbonyl (C=O) groups excluding carboxylic acids is 1. The van der Waals surface area contributed by atoms with Crippen LogP contribution in [0.25, 0.3) is 0 Å². The van der Waals surface area contributed by atoms with E-state index in [1.807, 2.05) is 32.0 Å². The third-order valence-corrected chi connectivity index (χ3v) is 4.88. The molecule has 0 spiro atoms. The van der Waals surface area contributed by atoms with Crippen molar-refractivity contribution in [3.63, 3.8) is 0 Å². The number of anilines is 1. The molecule has 1 saturated carbocycles. The van der Waals surface area contributed by atoms with Gasteiger partial charge in [-0.25, -0.2) is 9.69 Å². The van der Waals surface area contributed by atoms with E-state index in [2.05, 4.69) is 4.99 Å².